The number of unbranched alkanes of at least 4 members (excludes halogenated alkanes) is 5. The zero-order valence-electron chi connectivity index (χ0n) is 14.0. The Kier molecular flexibility index (Phi) is 8.60. The Morgan fingerprint density at radius 1 is 0.900 bits per heavy atom. The van der Waals surface area contributed by atoms with Crippen molar-refractivity contribution in [2.75, 3.05) is 7.05 Å². The van der Waals surface area contributed by atoms with Crippen LogP contribution in [0.5, 0.6) is 0 Å². The monoisotopic (exact) mass is 275 g/mol. The summed E-state index contributed by atoms with van der Waals surface area (Å²) in [6.45, 7) is 6.66. The van der Waals surface area contributed by atoms with Crippen LogP contribution in [0.1, 0.15) is 68.6 Å². The smallest absolute Gasteiger partial charge is 0.0104 e. The van der Waals surface area contributed by atoms with E-state index in [1.807, 2.05) is 0 Å². The molecule has 1 aromatic carbocycles. The Hall–Kier alpha value is -0.820. The molecule has 0 heterocycles. The number of hydrogen-bond donors (Lipinski definition) is 1. The molecule has 1 nitrogen and oxygen atoms in total. The summed E-state index contributed by atoms with van der Waals surface area (Å²) in [4.78, 5) is 0. The standard InChI is InChI=1S/C19H33N/c1-5-6-7-8-9-10-11-19(20-4)15-18-13-16(2)12-17(3)14-18/h12-14,19-20H,5-11,15H2,1-4H3. The number of likely N-dealkylation sites (N-methyl/N-ethyl adjacent to an activating group) is 1. The van der Waals surface area contributed by atoms with Crippen LogP contribution in [0.25, 0.3) is 0 Å². The van der Waals surface area contributed by atoms with Crippen LogP contribution in [0.3, 0.4) is 0 Å². The first-order valence-corrected chi connectivity index (χ1v) is 8.40. The van der Waals surface area contributed by atoms with Gasteiger partial charge in [0.25, 0.3) is 0 Å². The minimum Gasteiger partial charge on any atom is -0.317 e. The van der Waals surface area contributed by atoms with Crippen molar-refractivity contribution in [3.8, 4) is 0 Å². The van der Waals surface area contributed by atoms with Crippen LogP contribution in [0.15, 0.2) is 18.2 Å². The molecule has 1 atom stereocenters. The van der Waals surface area contributed by atoms with Crippen LogP contribution in [0, 0.1) is 13.8 Å². The SMILES string of the molecule is CCCCCCCCC(Cc1cc(C)cc(C)c1)NC. The van der Waals surface area contributed by atoms with Gasteiger partial charge in [-0.15, -0.1) is 0 Å². The fraction of sp³-hybridized carbons (Fsp3) is 0.684. The molecule has 1 heteroatoms. The summed E-state index contributed by atoms with van der Waals surface area (Å²) in [5.74, 6) is 0. The average molecular weight is 275 g/mol. The lowest BCUT2D eigenvalue weighted by Gasteiger charge is -2.17. The van der Waals surface area contributed by atoms with Gasteiger partial charge in [0.05, 0.1) is 0 Å². The van der Waals surface area contributed by atoms with Gasteiger partial charge in [-0.2, -0.15) is 0 Å². The highest BCUT2D eigenvalue weighted by atomic mass is 14.9. The van der Waals surface area contributed by atoms with Gasteiger partial charge in [0.15, 0.2) is 0 Å². The van der Waals surface area contributed by atoms with Gasteiger partial charge in [0, 0.05) is 6.04 Å². The summed E-state index contributed by atoms with van der Waals surface area (Å²) in [7, 11) is 2.10. The van der Waals surface area contributed by atoms with Crippen molar-refractivity contribution in [1.29, 1.82) is 0 Å². The summed E-state index contributed by atoms with van der Waals surface area (Å²) in [5, 5.41) is 3.49. The molecular weight excluding hydrogens is 242 g/mol. The van der Waals surface area contributed by atoms with E-state index in [9.17, 15) is 0 Å². The van der Waals surface area contributed by atoms with Crippen molar-refractivity contribution < 1.29 is 0 Å². The first kappa shape index (κ1) is 17.2. The number of rotatable bonds is 10. The highest BCUT2D eigenvalue weighted by molar-refractivity contribution is 5.29. The summed E-state index contributed by atoms with van der Waals surface area (Å²) in [6.07, 6.45) is 10.8. The van der Waals surface area contributed by atoms with Gasteiger partial charge in [-0.3, -0.25) is 0 Å². The summed E-state index contributed by atoms with van der Waals surface area (Å²) < 4.78 is 0. The third-order valence-corrected chi connectivity index (χ3v) is 4.08. The molecule has 0 aliphatic rings. The number of nitrogens with one attached hydrogen (secondary N) is 1. The maximum absolute atomic E-state index is 3.49. The first-order chi connectivity index (χ1) is 9.65. The zero-order valence-corrected chi connectivity index (χ0v) is 14.0. The van der Waals surface area contributed by atoms with E-state index in [4.69, 9.17) is 0 Å². The van der Waals surface area contributed by atoms with Crippen LogP contribution in [0.2, 0.25) is 0 Å². The van der Waals surface area contributed by atoms with E-state index in [0.717, 1.165) is 6.42 Å². The molecule has 0 saturated carbocycles. The molecule has 1 rings (SSSR count). The average Bonchev–Trinajstić information content (AvgIpc) is 2.40. The van der Waals surface area contributed by atoms with E-state index in [1.54, 1.807) is 0 Å². The molecule has 0 fully saturated rings. The van der Waals surface area contributed by atoms with Crippen molar-refractivity contribution in [1.82, 2.24) is 5.32 Å². The Balaban J connectivity index is 2.31. The number of hydrogen-bond acceptors (Lipinski definition) is 1. The molecule has 1 aromatic rings. The molecule has 114 valence electrons. The normalized spacial score (nSPS) is 12.6. The molecule has 1 unspecified atom stereocenters. The molecular formula is C19H33N. The molecule has 0 aliphatic carbocycles. The molecule has 0 spiro atoms. The van der Waals surface area contributed by atoms with Crippen molar-refractivity contribution >= 4 is 0 Å². The van der Waals surface area contributed by atoms with Crippen molar-refractivity contribution in [3.05, 3.63) is 34.9 Å². The third-order valence-electron chi connectivity index (χ3n) is 4.08. The van der Waals surface area contributed by atoms with Gasteiger partial charge in [-0.25, -0.2) is 0 Å². The Morgan fingerprint density at radius 2 is 1.50 bits per heavy atom. The number of aryl methyl sites for hydroxylation is 2. The predicted molar refractivity (Wildman–Crippen MR) is 90.5 cm³/mol. The van der Waals surface area contributed by atoms with Crippen molar-refractivity contribution in [3.63, 3.8) is 0 Å². The highest BCUT2D eigenvalue weighted by Crippen LogP contribution is 2.14. The van der Waals surface area contributed by atoms with Crippen LogP contribution in [-0.2, 0) is 6.42 Å². The molecule has 20 heavy (non-hydrogen) atoms. The second kappa shape index (κ2) is 9.99. The summed E-state index contributed by atoms with van der Waals surface area (Å²) in [6, 6.07) is 7.55. The van der Waals surface area contributed by atoms with Crippen molar-refractivity contribution in [2.45, 2.75) is 78.2 Å². The lowest BCUT2D eigenvalue weighted by Crippen LogP contribution is -2.27. The maximum Gasteiger partial charge on any atom is 0.0104 e. The minimum absolute atomic E-state index is 0.627. The summed E-state index contributed by atoms with van der Waals surface area (Å²) >= 11 is 0. The molecule has 0 radical (unpaired) electrons. The molecule has 0 amide bonds. The molecule has 1 N–H and O–H groups in total. The van der Waals surface area contributed by atoms with Crippen LogP contribution in [-0.4, -0.2) is 13.1 Å². The van der Waals surface area contributed by atoms with E-state index < -0.39 is 0 Å². The molecule has 0 aromatic heterocycles. The summed E-state index contributed by atoms with van der Waals surface area (Å²) in [5.41, 5.74) is 4.25. The van der Waals surface area contributed by atoms with Crippen molar-refractivity contribution in [2.24, 2.45) is 0 Å². The first-order valence-electron chi connectivity index (χ1n) is 8.40. The van der Waals surface area contributed by atoms with Gasteiger partial charge in [0.2, 0.25) is 0 Å². The number of benzene rings is 1. The quantitative estimate of drug-likeness (QED) is 0.580. The second-order valence-electron chi connectivity index (χ2n) is 6.24. The van der Waals surface area contributed by atoms with E-state index >= 15 is 0 Å². The Bertz CT molecular complexity index is 350. The lowest BCUT2D eigenvalue weighted by atomic mass is 9.97. The highest BCUT2D eigenvalue weighted by Gasteiger charge is 2.07. The Morgan fingerprint density at radius 3 is 2.10 bits per heavy atom. The molecule has 0 bridgehead atoms. The molecule has 0 saturated heterocycles. The van der Waals surface area contributed by atoms with Gasteiger partial charge in [-0.1, -0.05) is 74.8 Å². The topological polar surface area (TPSA) is 12.0 Å². The lowest BCUT2D eigenvalue weighted by molar-refractivity contribution is 0.479. The largest absolute Gasteiger partial charge is 0.317 e. The van der Waals surface area contributed by atoms with Crippen LogP contribution < -0.4 is 5.32 Å². The van der Waals surface area contributed by atoms with Gasteiger partial charge < -0.3 is 5.32 Å². The Labute approximate surface area is 126 Å². The third kappa shape index (κ3) is 7.09. The van der Waals surface area contributed by atoms with Crippen LogP contribution in [0.4, 0.5) is 0 Å². The van der Waals surface area contributed by atoms with E-state index in [2.05, 4.69) is 51.3 Å². The second-order valence-corrected chi connectivity index (χ2v) is 6.24. The fourth-order valence-corrected chi connectivity index (χ4v) is 2.99. The fourth-order valence-electron chi connectivity index (χ4n) is 2.99. The molecule has 0 aliphatic heterocycles. The van der Waals surface area contributed by atoms with Gasteiger partial charge in [-0.05, 0) is 39.3 Å². The van der Waals surface area contributed by atoms with E-state index in [-0.39, 0.29) is 0 Å². The van der Waals surface area contributed by atoms with Gasteiger partial charge in [0.1, 0.15) is 0 Å². The minimum atomic E-state index is 0.627. The van der Waals surface area contributed by atoms with E-state index in [1.165, 1.54) is 61.6 Å². The van der Waals surface area contributed by atoms with Crippen LogP contribution >= 0.6 is 0 Å². The van der Waals surface area contributed by atoms with E-state index in [0.29, 0.717) is 6.04 Å². The predicted octanol–water partition coefficient (Wildman–Crippen LogP) is 5.18. The zero-order chi connectivity index (χ0) is 14.8. The maximum atomic E-state index is 3.49. The van der Waals surface area contributed by atoms with Gasteiger partial charge >= 0.3 is 0 Å².